The topological polar surface area (TPSA) is 86.8 Å². The van der Waals surface area contributed by atoms with Gasteiger partial charge in [-0.2, -0.15) is 0 Å². The van der Waals surface area contributed by atoms with Crippen molar-refractivity contribution < 1.29 is 18.0 Å². The number of nitrogens with zero attached hydrogens (tertiary/aromatic N) is 2. The van der Waals surface area contributed by atoms with Crippen molar-refractivity contribution in [3.63, 3.8) is 0 Å². The molecular formula is C29H33Cl2N3O4S. The van der Waals surface area contributed by atoms with Gasteiger partial charge in [0, 0.05) is 22.6 Å². The molecule has 10 heteroatoms. The van der Waals surface area contributed by atoms with E-state index in [-0.39, 0.29) is 23.4 Å². The third kappa shape index (κ3) is 7.53. The standard InChI is InChI=1S/C29H33Cl2N3O4S/c1-19(2)32-29(36)22(5)33(17-23-12-13-24(30)16-26(23)31)28(35)18-34(27-9-7-6-8-21(27)4)39(37,38)25-14-10-20(3)11-15-25/h6-16,19,22H,17-18H2,1-5H3,(H,32,36)/t22-/m0/s1. The summed E-state index contributed by atoms with van der Waals surface area (Å²) in [5, 5.41) is 3.59. The number of carbonyl (C=O) groups excluding carboxylic acids is 2. The minimum absolute atomic E-state index is 0.0201. The van der Waals surface area contributed by atoms with Crippen LogP contribution in [-0.4, -0.2) is 43.8 Å². The maximum absolute atomic E-state index is 14.0. The van der Waals surface area contributed by atoms with Crippen LogP contribution < -0.4 is 9.62 Å². The van der Waals surface area contributed by atoms with Crippen LogP contribution in [0.15, 0.2) is 71.6 Å². The van der Waals surface area contributed by atoms with Gasteiger partial charge in [0.15, 0.2) is 0 Å². The quantitative estimate of drug-likeness (QED) is 0.326. The van der Waals surface area contributed by atoms with E-state index in [1.54, 1.807) is 68.4 Å². The number of aryl methyl sites for hydroxylation is 2. The van der Waals surface area contributed by atoms with Crippen molar-refractivity contribution in [2.75, 3.05) is 10.8 Å². The van der Waals surface area contributed by atoms with Gasteiger partial charge in [0.25, 0.3) is 10.0 Å². The number of nitrogens with one attached hydrogen (secondary N) is 1. The van der Waals surface area contributed by atoms with E-state index in [0.29, 0.717) is 26.9 Å². The molecule has 0 radical (unpaired) electrons. The third-order valence-corrected chi connectivity index (χ3v) is 8.59. The van der Waals surface area contributed by atoms with E-state index in [1.165, 1.54) is 17.0 Å². The normalized spacial score (nSPS) is 12.2. The zero-order chi connectivity index (χ0) is 28.9. The van der Waals surface area contributed by atoms with Crippen LogP contribution in [0.2, 0.25) is 10.0 Å². The van der Waals surface area contributed by atoms with Gasteiger partial charge in [-0.05, 0) is 76.1 Å². The lowest BCUT2D eigenvalue weighted by Gasteiger charge is -2.33. The minimum atomic E-state index is -4.13. The average molecular weight is 591 g/mol. The number of hydrogen-bond acceptors (Lipinski definition) is 4. The highest BCUT2D eigenvalue weighted by molar-refractivity contribution is 7.92. The van der Waals surface area contributed by atoms with Crippen molar-refractivity contribution in [2.45, 2.75) is 58.1 Å². The first-order valence-electron chi connectivity index (χ1n) is 12.5. The van der Waals surface area contributed by atoms with Crippen molar-refractivity contribution in [3.05, 3.63) is 93.5 Å². The highest BCUT2D eigenvalue weighted by Gasteiger charge is 2.33. The second-order valence-corrected chi connectivity index (χ2v) is 12.4. The van der Waals surface area contributed by atoms with E-state index in [4.69, 9.17) is 23.2 Å². The lowest BCUT2D eigenvalue weighted by molar-refractivity contribution is -0.139. The van der Waals surface area contributed by atoms with Crippen LogP contribution in [0.25, 0.3) is 0 Å². The number of hydrogen-bond donors (Lipinski definition) is 1. The molecule has 0 spiro atoms. The predicted molar refractivity (Wildman–Crippen MR) is 157 cm³/mol. The number of benzene rings is 3. The first-order chi connectivity index (χ1) is 18.3. The van der Waals surface area contributed by atoms with E-state index in [2.05, 4.69) is 5.32 Å². The van der Waals surface area contributed by atoms with Gasteiger partial charge >= 0.3 is 0 Å². The Morgan fingerprint density at radius 2 is 1.56 bits per heavy atom. The lowest BCUT2D eigenvalue weighted by Crippen LogP contribution is -2.52. The summed E-state index contributed by atoms with van der Waals surface area (Å²) in [5.41, 5.74) is 2.53. The Labute approximate surface area is 240 Å². The van der Waals surface area contributed by atoms with Gasteiger partial charge in [-0.3, -0.25) is 13.9 Å². The second-order valence-electron chi connectivity index (χ2n) is 9.71. The van der Waals surface area contributed by atoms with Gasteiger partial charge in [0.05, 0.1) is 10.6 Å². The van der Waals surface area contributed by atoms with Gasteiger partial charge in [0.2, 0.25) is 11.8 Å². The number of sulfonamides is 1. The van der Waals surface area contributed by atoms with Gasteiger partial charge in [-0.25, -0.2) is 8.42 Å². The van der Waals surface area contributed by atoms with E-state index in [9.17, 15) is 18.0 Å². The molecule has 0 aliphatic carbocycles. The molecule has 0 fully saturated rings. The van der Waals surface area contributed by atoms with E-state index < -0.39 is 28.5 Å². The maximum atomic E-state index is 14.0. The lowest BCUT2D eigenvalue weighted by atomic mass is 10.1. The molecule has 0 bridgehead atoms. The van der Waals surface area contributed by atoms with E-state index >= 15 is 0 Å². The van der Waals surface area contributed by atoms with Crippen LogP contribution in [0.1, 0.15) is 37.5 Å². The fourth-order valence-corrected chi connectivity index (χ4v) is 5.96. The Bertz CT molecular complexity index is 1440. The van der Waals surface area contributed by atoms with Gasteiger partial charge in [-0.1, -0.05) is 65.2 Å². The molecule has 2 amide bonds. The molecule has 0 aliphatic heterocycles. The van der Waals surface area contributed by atoms with Crippen molar-refractivity contribution in [1.29, 1.82) is 0 Å². The Morgan fingerprint density at radius 3 is 2.15 bits per heavy atom. The summed E-state index contributed by atoms with van der Waals surface area (Å²) in [7, 11) is -4.13. The first-order valence-corrected chi connectivity index (χ1v) is 14.7. The smallest absolute Gasteiger partial charge is 0.264 e. The summed E-state index contributed by atoms with van der Waals surface area (Å²) in [6, 6.07) is 17.2. The SMILES string of the molecule is Cc1ccc(S(=O)(=O)N(CC(=O)N(Cc2ccc(Cl)cc2Cl)[C@@H](C)C(=O)NC(C)C)c2ccccc2C)cc1. The van der Waals surface area contributed by atoms with E-state index in [0.717, 1.165) is 9.87 Å². The fraction of sp³-hybridized carbons (Fsp3) is 0.310. The number of amides is 2. The average Bonchev–Trinajstić information content (AvgIpc) is 2.86. The molecular weight excluding hydrogens is 557 g/mol. The molecule has 0 heterocycles. The molecule has 208 valence electrons. The molecule has 0 saturated carbocycles. The molecule has 7 nitrogen and oxygen atoms in total. The van der Waals surface area contributed by atoms with Gasteiger partial charge < -0.3 is 10.2 Å². The molecule has 0 unspecified atom stereocenters. The van der Waals surface area contributed by atoms with Crippen LogP contribution in [0.4, 0.5) is 5.69 Å². The molecule has 1 atom stereocenters. The Balaban J connectivity index is 2.06. The zero-order valence-electron chi connectivity index (χ0n) is 22.6. The number of halogens is 2. The zero-order valence-corrected chi connectivity index (χ0v) is 24.9. The molecule has 3 aromatic carbocycles. The maximum Gasteiger partial charge on any atom is 0.264 e. The molecule has 1 N–H and O–H groups in total. The molecule has 0 aromatic heterocycles. The van der Waals surface area contributed by atoms with Gasteiger partial charge in [-0.15, -0.1) is 0 Å². The van der Waals surface area contributed by atoms with Crippen molar-refractivity contribution >= 4 is 50.7 Å². The molecule has 3 rings (SSSR count). The number of carbonyl (C=O) groups is 2. The first kappa shape index (κ1) is 30.5. The molecule has 0 aliphatic rings. The largest absolute Gasteiger partial charge is 0.352 e. The number of anilines is 1. The third-order valence-electron chi connectivity index (χ3n) is 6.23. The summed E-state index contributed by atoms with van der Waals surface area (Å²) in [4.78, 5) is 28.3. The van der Waals surface area contributed by atoms with Crippen molar-refractivity contribution in [3.8, 4) is 0 Å². The summed E-state index contributed by atoms with van der Waals surface area (Å²) in [5.74, 6) is -0.932. The van der Waals surface area contributed by atoms with Crippen LogP contribution >= 0.6 is 23.2 Å². The summed E-state index contributed by atoms with van der Waals surface area (Å²) >= 11 is 12.5. The van der Waals surface area contributed by atoms with Crippen LogP contribution in [-0.2, 0) is 26.2 Å². The van der Waals surface area contributed by atoms with Crippen LogP contribution in [0.3, 0.4) is 0 Å². The Morgan fingerprint density at radius 1 is 0.923 bits per heavy atom. The molecule has 39 heavy (non-hydrogen) atoms. The van der Waals surface area contributed by atoms with Crippen LogP contribution in [0.5, 0.6) is 0 Å². The van der Waals surface area contributed by atoms with Crippen LogP contribution in [0, 0.1) is 13.8 Å². The highest BCUT2D eigenvalue weighted by atomic mass is 35.5. The van der Waals surface area contributed by atoms with E-state index in [1.807, 2.05) is 20.8 Å². The summed E-state index contributed by atoms with van der Waals surface area (Å²) in [6.07, 6.45) is 0. The molecule has 3 aromatic rings. The Kier molecular flexibility index (Phi) is 10.0. The van der Waals surface area contributed by atoms with Crippen molar-refractivity contribution in [1.82, 2.24) is 10.2 Å². The minimum Gasteiger partial charge on any atom is -0.352 e. The molecule has 0 saturated heterocycles. The fourth-order valence-electron chi connectivity index (χ4n) is 4.02. The van der Waals surface area contributed by atoms with Crippen molar-refractivity contribution in [2.24, 2.45) is 0 Å². The number of para-hydroxylation sites is 1. The number of rotatable bonds is 10. The monoisotopic (exact) mass is 589 g/mol. The second kappa shape index (κ2) is 12.9. The highest BCUT2D eigenvalue weighted by Crippen LogP contribution is 2.28. The van der Waals surface area contributed by atoms with Gasteiger partial charge in [0.1, 0.15) is 12.6 Å². The summed E-state index contributed by atoms with van der Waals surface area (Å²) in [6.45, 7) is 8.34. The predicted octanol–water partition coefficient (Wildman–Crippen LogP) is 5.75. The summed E-state index contributed by atoms with van der Waals surface area (Å²) < 4.78 is 28.9. The Hall–Kier alpha value is -3.07.